The van der Waals surface area contributed by atoms with E-state index in [-0.39, 0.29) is 0 Å². The van der Waals surface area contributed by atoms with Crippen molar-refractivity contribution in [1.29, 1.82) is 0 Å². The van der Waals surface area contributed by atoms with E-state index in [1.165, 1.54) is 0 Å². The van der Waals surface area contributed by atoms with E-state index in [4.69, 9.17) is 11.6 Å². The molecule has 0 aliphatic carbocycles. The van der Waals surface area contributed by atoms with Crippen LogP contribution in [0.25, 0.3) is 0 Å². The zero-order chi connectivity index (χ0) is 12.1. The lowest BCUT2D eigenvalue weighted by molar-refractivity contribution is 0.644. The van der Waals surface area contributed by atoms with Crippen LogP contribution in [0, 0.1) is 0 Å². The molecule has 90 valence electrons. The van der Waals surface area contributed by atoms with Crippen LogP contribution in [-0.4, -0.2) is 14.5 Å². The molecule has 0 bridgehead atoms. The summed E-state index contributed by atoms with van der Waals surface area (Å²) in [5, 5.41) is 3.91. The van der Waals surface area contributed by atoms with Gasteiger partial charge in [-0.15, -0.1) is 0 Å². The summed E-state index contributed by atoms with van der Waals surface area (Å²) >= 11 is 6.04. The van der Waals surface area contributed by atoms with Crippen molar-refractivity contribution in [2.45, 2.75) is 26.4 Å². The standard InChI is InChI=1S/C12H15ClN4/c1-2-6-17-7-5-15-12(17)9-16-11-8-14-4-3-10(11)13/h3-5,7-8,16H,2,6,9H2,1H3. The maximum atomic E-state index is 6.04. The first kappa shape index (κ1) is 11.9. The summed E-state index contributed by atoms with van der Waals surface area (Å²) in [6, 6.07) is 1.77. The molecule has 0 saturated heterocycles. The molecule has 0 aliphatic heterocycles. The lowest BCUT2D eigenvalue weighted by Crippen LogP contribution is -2.08. The second-order valence-electron chi connectivity index (χ2n) is 3.75. The fourth-order valence-corrected chi connectivity index (χ4v) is 1.81. The normalized spacial score (nSPS) is 10.5. The topological polar surface area (TPSA) is 42.7 Å². The fourth-order valence-electron chi connectivity index (χ4n) is 1.63. The summed E-state index contributed by atoms with van der Waals surface area (Å²) in [5.41, 5.74) is 0.834. The second-order valence-corrected chi connectivity index (χ2v) is 4.15. The zero-order valence-electron chi connectivity index (χ0n) is 9.73. The van der Waals surface area contributed by atoms with Crippen molar-refractivity contribution in [3.8, 4) is 0 Å². The molecule has 0 aromatic carbocycles. The number of nitrogens with zero attached hydrogens (tertiary/aromatic N) is 3. The van der Waals surface area contributed by atoms with Crippen LogP contribution in [0.3, 0.4) is 0 Å². The van der Waals surface area contributed by atoms with Crippen molar-refractivity contribution in [3.63, 3.8) is 0 Å². The number of aryl methyl sites for hydroxylation is 1. The van der Waals surface area contributed by atoms with Crippen molar-refractivity contribution in [1.82, 2.24) is 14.5 Å². The van der Waals surface area contributed by atoms with E-state index < -0.39 is 0 Å². The van der Waals surface area contributed by atoms with Gasteiger partial charge >= 0.3 is 0 Å². The molecule has 0 unspecified atom stereocenters. The molecule has 5 heteroatoms. The smallest absolute Gasteiger partial charge is 0.128 e. The SMILES string of the molecule is CCCn1ccnc1CNc1cnccc1Cl. The quantitative estimate of drug-likeness (QED) is 0.887. The first-order chi connectivity index (χ1) is 8.31. The van der Waals surface area contributed by atoms with Crippen LogP contribution in [0.5, 0.6) is 0 Å². The molecule has 4 nitrogen and oxygen atoms in total. The highest BCUT2D eigenvalue weighted by molar-refractivity contribution is 6.33. The molecule has 0 atom stereocenters. The molecular formula is C12H15ClN4. The molecule has 2 aromatic heterocycles. The number of aromatic nitrogens is 3. The van der Waals surface area contributed by atoms with E-state index in [1.807, 2.05) is 12.4 Å². The Labute approximate surface area is 106 Å². The van der Waals surface area contributed by atoms with Crippen molar-refractivity contribution >= 4 is 17.3 Å². The van der Waals surface area contributed by atoms with Gasteiger partial charge in [0.2, 0.25) is 0 Å². The largest absolute Gasteiger partial charge is 0.375 e. The molecule has 0 fully saturated rings. The van der Waals surface area contributed by atoms with Crippen molar-refractivity contribution in [2.75, 3.05) is 5.32 Å². The Morgan fingerprint density at radius 2 is 2.29 bits per heavy atom. The number of imidazole rings is 1. The minimum Gasteiger partial charge on any atom is -0.375 e. The van der Waals surface area contributed by atoms with Crippen LogP contribution in [-0.2, 0) is 13.1 Å². The molecule has 1 N–H and O–H groups in total. The Balaban J connectivity index is 2.02. The van der Waals surface area contributed by atoms with E-state index in [2.05, 4.69) is 26.8 Å². The Kier molecular flexibility index (Phi) is 3.98. The van der Waals surface area contributed by atoms with Crippen LogP contribution >= 0.6 is 11.6 Å². The molecular weight excluding hydrogens is 236 g/mol. The molecule has 0 saturated carbocycles. The van der Waals surface area contributed by atoms with Crippen LogP contribution in [0.2, 0.25) is 5.02 Å². The van der Waals surface area contributed by atoms with Gasteiger partial charge in [-0.3, -0.25) is 4.98 Å². The van der Waals surface area contributed by atoms with Crippen LogP contribution in [0.1, 0.15) is 19.2 Å². The van der Waals surface area contributed by atoms with Gasteiger partial charge in [0.25, 0.3) is 0 Å². The predicted molar refractivity (Wildman–Crippen MR) is 69.1 cm³/mol. The molecule has 0 radical (unpaired) electrons. The van der Waals surface area contributed by atoms with Crippen molar-refractivity contribution < 1.29 is 0 Å². The number of halogens is 1. The minimum absolute atomic E-state index is 0.651. The van der Waals surface area contributed by atoms with Crippen molar-refractivity contribution in [2.24, 2.45) is 0 Å². The number of nitrogens with one attached hydrogen (secondary N) is 1. The zero-order valence-corrected chi connectivity index (χ0v) is 10.5. The summed E-state index contributed by atoms with van der Waals surface area (Å²) in [6.45, 7) is 3.78. The van der Waals surface area contributed by atoms with Gasteiger partial charge in [0.15, 0.2) is 0 Å². The van der Waals surface area contributed by atoms with Gasteiger partial charge in [0.1, 0.15) is 5.82 Å². The molecule has 0 spiro atoms. The average Bonchev–Trinajstić information content (AvgIpc) is 2.76. The molecule has 17 heavy (non-hydrogen) atoms. The Hall–Kier alpha value is -1.55. The van der Waals surface area contributed by atoms with Gasteiger partial charge in [0, 0.05) is 25.1 Å². The fraction of sp³-hybridized carbons (Fsp3) is 0.333. The lowest BCUT2D eigenvalue weighted by atomic mass is 10.4. The lowest BCUT2D eigenvalue weighted by Gasteiger charge is -2.09. The van der Waals surface area contributed by atoms with Gasteiger partial charge in [-0.25, -0.2) is 4.98 Å². The molecule has 2 heterocycles. The first-order valence-electron chi connectivity index (χ1n) is 5.64. The van der Waals surface area contributed by atoms with Crippen molar-refractivity contribution in [3.05, 3.63) is 41.7 Å². The maximum Gasteiger partial charge on any atom is 0.128 e. The number of rotatable bonds is 5. The third-order valence-corrected chi connectivity index (χ3v) is 2.80. The maximum absolute atomic E-state index is 6.04. The summed E-state index contributed by atoms with van der Waals surface area (Å²) in [5.74, 6) is 1.01. The molecule has 0 amide bonds. The van der Waals surface area contributed by atoms with E-state index >= 15 is 0 Å². The molecule has 2 aromatic rings. The third-order valence-electron chi connectivity index (χ3n) is 2.47. The number of hydrogen-bond acceptors (Lipinski definition) is 3. The van der Waals surface area contributed by atoms with Gasteiger partial charge in [-0.05, 0) is 12.5 Å². The number of hydrogen-bond donors (Lipinski definition) is 1. The average molecular weight is 251 g/mol. The Bertz CT molecular complexity index is 481. The highest BCUT2D eigenvalue weighted by Crippen LogP contribution is 2.19. The Morgan fingerprint density at radius 3 is 3.06 bits per heavy atom. The van der Waals surface area contributed by atoms with E-state index in [0.717, 1.165) is 24.5 Å². The van der Waals surface area contributed by atoms with Crippen LogP contribution < -0.4 is 5.32 Å². The molecule has 2 rings (SSSR count). The number of anilines is 1. The number of pyridine rings is 1. The van der Waals surface area contributed by atoms with Gasteiger partial charge in [-0.2, -0.15) is 0 Å². The van der Waals surface area contributed by atoms with Gasteiger partial charge in [-0.1, -0.05) is 18.5 Å². The van der Waals surface area contributed by atoms with E-state index in [0.29, 0.717) is 11.6 Å². The monoisotopic (exact) mass is 250 g/mol. The van der Waals surface area contributed by atoms with E-state index in [9.17, 15) is 0 Å². The first-order valence-corrected chi connectivity index (χ1v) is 6.02. The third kappa shape index (κ3) is 2.97. The highest BCUT2D eigenvalue weighted by Gasteiger charge is 2.03. The summed E-state index contributed by atoms with van der Waals surface area (Å²) in [4.78, 5) is 8.35. The minimum atomic E-state index is 0.651. The van der Waals surface area contributed by atoms with Crippen LogP contribution in [0.4, 0.5) is 5.69 Å². The summed E-state index contributed by atoms with van der Waals surface area (Å²) in [7, 11) is 0. The van der Waals surface area contributed by atoms with Crippen LogP contribution in [0.15, 0.2) is 30.9 Å². The summed E-state index contributed by atoms with van der Waals surface area (Å²) in [6.07, 6.45) is 8.29. The molecule has 0 aliphatic rings. The van der Waals surface area contributed by atoms with Gasteiger partial charge < -0.3 is 9.88 Å². The highest BCUT2D eigenvalue weighted by atomic mass is 35.5. The second kappa shape index (κ2) is 5.68. The Morgan fingerprint density at radius 1 is 1.41 bits per heavy atom. The van der Waals surface area contributed by atoms with Gasteiger partial charge in [0.05, 0.1) is 23.5 Å². The summed E-state index contributed by atoms with van der Waals surface area (Å²) < 4.78 is 2.14. The van der Waals surface area contributed by atoms with E-state index in [1.54, 1.807) is 18.5 Å². The predicted octanol–water partition coefficient (Wildman–Crippen LogP) is 2.95.